The molecule has 0 amide bonds. The lowest BCUT2D eigenvalue weighted by atomic mass is 9.91. The van der Waals surface area contributed by atoms with E-state index in [2.05, 4.69) is 32.0 Å². The summed E-state index contributed by atoms with van der Waals surface area (Å²) >= 11 is 6.06. The predicted octanol–water partition coefficient (Wildman–Crippen LogP) is 5.32. The van der Waals surface area contributed by atoms with Crippen molar-refractivity contribution in [3.63, 3.8) is 0 Å². The Morgan fingerprint density at radius 2 is 1.73 bits per heavy atom. The maximum absolute atomic E-state index is 9.53. The molecule has 0 saturated carbocycles. The molecule has 2 nitrogen and oxygen atoms in total. The fourth-order valence-corrected chi connectivity index (χ4v) is 2.67. The smallest absolute Gasteiger partial charge is 0.122 e. The van der Waals surface area contributed by atoms with Gasteiger partial charge in [0.05, 0.1) is 19.1 Å². The van der Waals surface area contributed by atoms with Crippen LogP contribution in [0.3, 0.4) is 0 Å². The van der Waals surface area contributed by atoms with Crippen LogP contribution in [-0.2, 0) is 6.42 Å². The summed E-state index contributed by atoms with van der Waals surface area (Å²) in [5, 5.41) is 10.2. The number of halogens is 1. The minimum Gasteiger partial charge on any atom is -0.496 e. The van der Waals surface area contributed by atoms with E-state index in [0.717, 1.165) is 16.9 Å². The van der Waals surface area contributed by atoms with Gasteiger partial charge in [-0.3, -0.25) is 0 Å². The van der Waals surface area contributed by atoms with Gasteiger partial charge in [0.25, 0.3) is 0 Å². The average Bonchev–Trinajstić information content (AvgIpc) is 2.53. The first-order chi connectivity index (χ1) is 10.5. The zero-order valence-corrected chi connectivity index (χ0v) is 13.9. The van der Waals surface area contributed by atoms with Gasteiger partial charge in [-0.1, -0.05) is 49.7 Å². The number of hydrogen-bond donors (Lipinski definition) is 0. The highest BCUT2D eigenvalue weighted by molar-refractivity contribution is 6.30. The van der Waals surface area contributed by atoms with Crippen LogP contribution in [-0.4, -0.2) is 7.11 Å². The second-order valence-electron chi connectivity index (χ2n) is 5.66. The van der Waals surface area contributed by atoms with Crippen LogP contribution in [0.1, 0.15) is 42.4 Å². The van der Waals surface area contributed by atoms with E-state index in [1.54, 1.807) is 13.2 Å². The summed E-state index contributed by atoms with van der Waals surface area (Å²) < 4.78 is 5.36. The summed E-state index contributed by atoms with van der Waals surface area (Å²) in [5.41, 5.74) is 3.25. The number of methoxy groups -OCH3 is 1. The molecule has 0 heterocycles. The Hall–Kier alpha value is -1.98. The number of rotatable bonds is 5. The van der Waals surface area contributed by atoms with Crippen molar-refractivity contribution in [1.29, 1.82) is 5.26 Å². The molecule has 2 aromatic carbocycles. The van der Waals surface area contributed by atoms with Crippen LogP contribution >= 0.6 is 11.6 Å². The molecule has 2 aromatic rings. The van der Waals surface area contributed by atoms with Crippen molar-refractivity contribution in [1.82, 2.24) is 0 Å². The number of ether oxygens (including phenoxy) is 1. The topological polar surface area (TPSA) is 33.0 Å². The molecule has 0 spiro atoms. The van der Waals surface area contributed by atoms with Crippen molar-refractivity contribution in [2.24, 2.45) is 0 Å². The third kappa shape index (κ3) is 3.81. The van der Waals surface area contributed by atoms with E-state index in [1.165, 1.54) is 5.56 Å². The van der Waals surface area contributed by atoms with Crippen molar-refractivity contribution in [2.75, 3.05) is 7.11 Å². The van der Waals surface area contributed by atoms with E-state index in [4.69, 9.17) is 16.3 Å². The molecular formula is C19H20ClNO. The molecule has 22 heavy (non-hydrogen) atoms. The van der Waals surface area contributed by atoms with Gasteiger partial charge in [-0.05, 0) is 47.2 Å². The molecule has 114 valence electrons. The summed E-state index contributed by atoms with van der Waals surface area (Å²) in [5.74, 6) is 1.04. The van der Waals surface area contributed by atoms with Crippen molar-refractivity contribution in [3.8, 4) is 11.8 Å². The monoisotopic (exact) mass is 313 g/mol. The highest BCUT2D eigenvalue weighted by atomic mass is 35.5. The van der Waals surface area contributed by atoms with Crippen LogP contribution < -0.4 is 4.74 Å². The van der Waals surface area contributed by atoms with Gasteiger partial charge >= 0.3 is 0 Å². The molecule has 1 atom stereocenters. The van der Waals surface area contributed by atoms with Crippen LogP contribution in [0.5, 0.6) is 5.75 Å². The Morgan fingerprint density at radius 3 is 2.27 bits per heavy atom. The Labute approximate surface area is 137 Å². The normalized spacial score (nSPS) is 12.0. The van der Waals surface area contributed by atoms with Crippen LogP contribution in [0.4, 0.5) is 0 Å². The van der Waals surface area contributed by atoms with Gasteiger partial charge in [0, 0.05) is 5.02 Å². The van der Waals surface area contributed by atoms with E-state index in [0.29, 0.717) is 17.4 Å². The number of nitrogens with zero attached hydrogens (tertiary/aromatic N) is 1. The second-order valence-corrected chi connectivity index (χ2v) is 6.10. The Morgan fingerprint density at radius 1 is 1.09 bits per heavy atom. The average molecular weight is 314 g/mol. The highest BCUT2D eigenvalue weighted by Gasteiger charge is 2.15. The summed E-state index contributed by atoms with van der Waals surface area (Å²) in [4.78, 5) is 0. The lowest BCUT2D eigenvalue weighted by Crippen LogP contribution is -2.03. The fourth-order valence-electron chi connectivity index (χ4n) is 2.48. The molecule has 0 bridgehead atoms. The first-order valence-corrected chi connectivity index (χ1v) is 7.74. The Balaban J connectivity index is 2.26. The lowest BCUT2D eigenvalue weighted by molar-refractivity contribution is 0.409. The Kier molecular flexibility index (Phi) is 5.46. The summed E-state index contributed by atoms with van der Waals surface area (Å²) in [6, 6.07) is 16.2. The minimum atomic E-state index is -0.214. The number of benzene rings is 2. The molecule has 1 unspecified atom stereocenters. The zero-order valence-electron chi connectivity index (χ0n) is 13.1. The second kappa shape index (κ2) is 7.33. The van der Waals surface area contributed by atoms with E-state index >= 15 is 0 Å². The standard InChI is InChI=1S/C19H20ClNO/c1-13(2)14-4-6-15(7-5-14)17(12-21)10-16-11-18(20)8-9-19(16)22-3/h4-9,11,13,17H,10H2,1-3H3. The van der Waals surface area contributed by atoms with Crippen molar-refractivity contribution in [3.05, 3.63) is 64.2 Å². The van der Waals surface area contributed by atoms with Crippen molar-refractivity contribution >= 4 is 11.6 Å². The van der Waals surface area contributed by atoms with Gasteiger partial charge in [-0.15, -0.1) is 0 Å². The molecule has 0 saturated heterocycles. The molecule has 3 heteroatoms. The largest absolute Gasteiger partial charge is 0.496 e. The number of nitriles is 1. The third-order valence-electron chi connectivity index (χ3n) is 3.83. The molecule has 0 aliphatic heterocycles. The quantitative estimate of drug-likeness (QED) is 0.748. The lowest BCUT2D eigenvalue weighted by Gasteiger charge is -2.14. The van der Waals surface area contributed by atoms with Crippen molar-refractivity contribution < 1.29 is 4.74 Å². The van der Waals surface area contributed by atoms with Crippen molar-refractivity contribution in [2.45, 2.75) is 32.1 Å². The first kappa shape index (κ1) is 16.4. The molecule has 0 aliphatic carbocycles. The first-order valence-electron chi connectivity index (χ1n) is 7.37. The summed E-state index contributed by atoms with van der Waals surface area (Å²) in [6.07, 6.45) is 0.585. The fraction of sp³-hybridized carbons (Fsp3) is 0.316. The van der Waals surface area contributed by atoms with E-state index in [1.807, 2.05) is 24.3 Å². The van der Waals surface area contributed by atoms with Gasteiger partial charge in [0.1, 0.15) is 5.75 Å². The molecule has 2 rings (SSSR count). The molecule has 0 aliphatic rings. The molecule has 0 radical (unpaired) electrons. The van der Waals surface area contributed by atoms with Gasteiger partial charge in [0.2, 0.25) is 0 Å². The minimum absolute atomic E-state index is 0.214. The SMILES string of the molecule is COc1ccc(Cl)cc1CC(C#N)c1ccc(C(C)C)cc1. The zero-order chi connectivity index (χ0) is 16.1. The third-order valence-corrected chi connectivity index (χ3v) is 4.06. The summed E-state index contributed by atoms with van der Waals surface area (Å²) in [6.45, 7) is 4.32. The van der Waals surface area contributed by atoms with E-state index in [-0.39, 0.29) is 5.92 Å². The Bertz CT molecular complexity index is 671. The van der Waals surface area contributed by atoms with Crippen LogP contribution in [0.2, 0.25) is 5.02 Å². The van der Waals surface area contributed by atoms with Gasteiger partial charge in [0.15, 0.2) is 0 Å². The van der Waals surface area contributed by atoms with Crippen LogP contribution in [0.25, 0.3) is 0 Å². The maximum atomic E-state index is 9.53. The van der Waals surface area contributed by atoms with Gasteiger partial charge in [-0.2, -0.15) is 5.26 Å². The van der Waals surface area contributed by atoms with Crippen LogP contribution in [0.15, 0.2) is 42.5 Å². The van der Waals surface area contributed by atoms with E-state index in [9.17, 15) is 5.26 Å². The highest BCUT2D eigenvalue weighted by Crippen LogP contribution is 2.29. The molecule has 0 N–H and O–H groups in total. The van der Waals surface area contributed by atoms with Crippen LogP contribution in [0, 0.1) is 11.3 Å². The summed E-state index contributed by atoms with van der Waals surface area (Å²) in [7, 11) is 1.63. The number of hydrogen-bond acceptors (Lipinski definition) is 2. The maximum Gasteiger partial charge on any atom is 0.122 e. The van der Waals surface area contributed by atoms with Gasteiger partial charge < -0.3 is 4.74 Å². The molecular weight excluding hydrogens is 294 g/mol. The predicted molar refractivity (Wildman–Crippen MR) is 90.6 cm³/mol. The molecule has 0 fully saturated rings. The molecule has 0 aromatic heterocycles. The van der Waals surface area contributed by atoms with Gasteiger partial charge in [-0.25, -0.2) is 0 Å². The van der Waals surface area contributed by atoms with E-state index < -0.39 is 0 Å².